The fraction of sp³-hybridized carbons (Fsp3) is 0. The Labute approximate surface area is 384 Å². The first-order chi connectivity index (χ1) is 32.7. The molecule has 66 heavy (non-hydrogen) atoms. The Bertz CT molecular complexity index is 3420. The summed E-state index contributed by atoms with van der Waals surface area (Å²) in [4.78, 5) is 4.69. The molecule has 0 spiro atoms. The Morgan fingerprint density at radius 1 is 0.242 bits per heavy atom. The van der Waals surface area contributed by atoms with E-state index in [1.807, 2.05) is 0 Å². The van der Waals surface area contributed by atoms with Gasteiger partial charge in [-0.1, -0.05) is 146 Å². The van der Waals surface area contributed by atoms with Crippen LogP contribution in [0.5, 0.6) is 0 Å². The second-order valence-corrected chi connectivity index (χ2v) is 16.6. The van der Waals surface area contributed by atoms with Gasteiger partial charge in [-0.2, -0.15) is 0 Å². The summed E-state index contributed by atoms with van der Waals surface area (Å²) < 4.78 is 4.73. The zero-order chi connectivity index (χ0) is 43.8. The van der Waals surface area contributed by atoms with Gasteiger partial charge in [-0.3, -0.25) is 0 Å². The molecular weight excluding hydrogens is 801 g/mol. The van der Waals surface area contributed by atoms with Gasteiger partial charge in [-0.05, 0) is 132 Å². The van der Waals surface area contributed by atoms with Gasteiger partial charge >= 0.3 is 0 Å². The lowest BCUT2D eigenvalue weighted by molar-refractivity contribution is 1.18. The van der Waals surface area contributed by atoms with Crippen molar-refractivity contribution >= 4 is 89.9 Å². The highest BCUT2D eigenvalue weighted by Gasteiger charge is 2.19. The van der Waals surface area contributed by atoms with Crippen molar-refractivity contribution in [3.05, 3.63) is 266 Å². The first kappa shape index (κ1) is 38.8. The maximum Gasteiger partial charge on any atom is 0.0542 e. The minimum absolute atomic E-state index is 1.10. The smallest absolute Gasteiger partial charge is 0.0542 e. The molecule has 4 nitrogen and oxygen atoms in total. The van der Waals surface area contributed by atoms with Crippen LogP contribution < -0.4 is 9.80 Å². The second-order valence-electron chi connectivity index (χ2n) is 16.6. The Morgan fingerprint density at radius 2 is 0.545 bits per heavy atom. The first-order valence-corrected chi connectivity index (χ1v) is 22.5. The van der Waals surface area contributed by atoms with E-state index in [2.05, 4.69) is 286 Å². The third-order valence-corrected chi connectivity index (χ3v) is 12.7. The molecule has 0 fully saturated rings. The number of fused-ring (bicyclic) bond motifs is 6. The van der Waals surface area contributed by atoms with E-state index in [0.717, 1.165) is 56.6 Å². The fourth-order valence-corrected chi connectivity index (χ4v) is 9.62. The molecule has 0 amide bonds. The molecule has 12 rings (SSSR count). The molecule has 0 atom stereocenters. The summed E-state index contributed by atoms with van der Waals surface area (Å²) in [5.74, 6) is 0. The van der Waals surface area contributed by atoms with Crippen LogP contribution in [0.2, 0.25) is 0 Å². The lowest BCUT2D eigenvalue weighted by atomic mass is 10.1. The Balaban J connectivity index is 0.850. The summed E-state index contributed by atoms with van der Waals surface area (Å²) in [5.41, 5.74) is 16.0. The van der Waals surface area contributed by atoms with Crippen molar-refractivity contribution in [1.82, 2.24) is 9.13 Å². The molecule has 0 radical (unpaired) electrons. The van der Waals surface area contributed by atoms with Gasteiger partial charge in [0.15, 0.2) is 0 Å². The molecule has 0 saturated carbocycles. The molecule has 2 aromatic heterocycles. The number of hydrogen-bond donors (Lipinski definition) is 0. The zero-order valence-corrected chi connectivity index (χ0v) is 36.2. The molecule has 10 aromatic carbocycles. The van der Waals surface area contributed by atoms with E-state index in [1.54, 1.807) is 0 Å². The number of para-hydroxylation sites is 6. The predicted octanol–water partition coefficient (Wildman–Crippen LogP) is 17.0. The molecular formula is C62H44N4. The quantitative estimate of drug-likeness (QED) is 0.128. The predicted molar refractivity (Wildman–Crippen MR) is 280 cm³/mol. The van der Waals surface area contributed by atoms with E-state index in [0.29, 0.717) is 0 Å². The molecule has 0 unspecified atom stereocenters. The van der Waals surface area contributed by atoms with Gasteiger partial charge < -0.3 is 18.9 Å². The normalized spacial score (nSPS) is 11.6. The summed E-state index contributed by atoms with van der Waals surface area (Å²) in [5, 5.41) is 4.91. The maximum atomic E-state index is 2.36. The molecule has 4 heteroatoms. The average Bonchev–Trinajstić information content (AvgIpc) is 3.90. The van der Waals surface area contributed by atoms with Crippen LogP contribution in [0.4, 0.5) is 34.1 Å². The SMILES string of the molecule is C(=Cc1ccc(N(c2ccccc2)c2ccc3c(c2)c2ccccc2n3-c2ccccc2)cc1)c1ccc(N(c2ccccc2)c2ccc3c(c2)c2ccccc2n3-c2ccccc2)cc1. The minimum atomic E-state index is 1.10. The van der Waals surface area contributed by atoms with Crippen molar-refractivity contribution in [2.45, 2.75) is 0 Å². The van der Waals surface area contributed by atoms with E-state index in [9.17, 15) is 0 Å². The highest BCUT2D eigenvalue weighted by atomic mass is 15.1. The van der Waals surface area contributed by atoms with Crippen LogP contribution in [0.1, 0.15) is 11.1 Å². The van der Waals surface area contributed by atoms with Gasteiger partial charge in [-0.15, -0.1) is 0 Å². The van der Waals surface area contributed by atoms with E-state index in [-0.39, 0.29) is 0 Å². The number of hydrogen-bond acceptors (Lipinski definition) is 2. The molecule has 0 bridgehead atoms. The Hall–Kier alpha value is -8.86. The van der Waals surface area contributed by atoms with E-state index < -0.39 is 0 Å². The number of aromatic nitrogens is 2. The van der Waals surface area contributed by atoms with E-state index in [4.69, 9.17) is 0 Å². The molecule has 0 aliphatic rings. The summed E-state index contributed by atoms with van der Waals surface area (Å²) >= 11 is 0. The van der Waals surface area contributed by atoms with Gasteiger partial charge in [0, 0.05) is 67.0 Å². The highest BCUT2D eigenvalue weighted by molar-refractivity contribution is 6.12. The van der Waals surface area contributed by atoms with Crippen molar-refractivity contribution in [2.75, 3.05) is 9.80 Å². The first-order valence-electron chi connectivity index (χ1n) is 22.5. The minimum Gasteiger partial charge on any atom is -0.310 e. The van der Waals surface area contributed by atoms with Crippen LogP contribution in [0.25, 0.3) is 67.1 Å². The van der Waals surface area contributed by atoms with Crippen molar-refractivity contribution in [1.29, 1.82) is 0 Å². The molecule has 312 valence electrons. The summed E-state index contributed by atoms with van der Waals surface area (Å²) in [7, 11) is 0. The Morgan fingerprint density at radius 3 is 0.939 bits per heavy atom. The van der Waals surface area contributed by atoms with Crippen molar-refractivity contribution in [3.63, 3.8) is 0 Å². The third kappa shape index (κ3) is 6.98. The molecule has 0 aliphatic carbocycles. The molecule has 0 saturated heterocycles. The monoisotopic (exact) mass is 844 g/mol. The largest absolute Gasteiger partial charge is 0.310 e. The molecule has 2 heterocycles. The molecule has 0 aliphatic heterocycles. The van der Waals surface area contributed by atoms with Crippen LogP contribution in [-0.2, 0) is 0 Å². The van der Waals surface area contributed by atoms with Crippen LogP contribution in [0, 0.1) is 0 Å². The van der Waals surface area contributed by atoms with Crippen molar-refractivity contribution < 1.29 is 0 Å². The van der Waals surface area contributed by atoms with E-state index >= 15 is 0 Å². The lowest BCUT2D eigenvalue weighted by Gasteiger charge is -2.26. The average molecular weight is 845 g/mol. The van der Waals surface area contributed by atoms with Crippen LogP contribution in [0.15, 0.2) is 255 Å². The second kappa shape index (κ2) is 16.7. The summed E-state index contributed by atoms with van der Waals surface area (Å²) in [6, 6.07) is 91.3. The standard InChI is InChI=1S/C62H44N4/c1-5-17-47(18-6-1)63(53-39-41-61-57(43-53)55-25-13-15-27-59(55)65(61)49-21-9-3-10-22-49)51-35-31-45(32-36-51)29-30-46-33-37-52(38-34-46)64(48-19-7-2-8-20-48)54-40-42-62-58(44-54)56-26-14-16-28-60(56)66(62)50-23-11-4-12-24-50/h1-44H. The lowest BCUT2D eigenvalue weighted by Crippen LogP contribution is -2.09. The third-order valence-electron chi connectivity index (χ3n) is 12.7. The number of benzene rings is 10. The van der Waals surface area contributed by atoms with Gasteiger partial charge in [0.05, 0.1) is 22.1 Å². The Kier molecular flexibility index (Phi) is 9.81. The molecule has 12 aromatic rings. The van der Waals surface area contributed by atoms with Gasteiger partial charge in [0.1, 0.15) is 0 Å². The molecule has 0 N–H and O–H groups in total. The topological polar surface area (TPSA) is 16.3 Å². The van der Waals surface area contributed by atoms with Crippen LogP contribution in [0.3, 0.4) is 0 Å². The zero-order valence-electron chi connectivity index (χ0n) is 36.2. The number of nitrogens with zero attached hydrogens (tertiary/aromatic N) is 4. The summed E-state index contributed by atoms with van der Waals surface area (Å²) in [6.45, 7) is 0. The van der Waals surface area contributed by atoms with Gasteiger partial charge in [-0.25, -0.2) is 0 Å². The van der Waals surface area contributed by atoms with Gasteiger partial charge in [0.2, 0.25) is 0 Å². The fourth-order valence-electron chi connectivity index (χ4n) is 9.62. The summed E-state index contributed by atoms with van der Waals surface area (Å²) in [6.07, 6.45) is 4.39. The van der Waals surface area contributed by atoms with Crippen LogP contribution >= 0.6 is 0 Å². The van der Waals surface area contributed by atoms with Gasteiger partial charge in [0.25, 0.3) is 0 Å². The number of rotatable bonds is 10. The van der Waals surface area contributed by atoms with E-state index in [1.165, 1.54) is 43.6 Å². The highest BCUT2D eigenvalue weighted by Crippen LogP contribution is 2.42. The van der Waals surface area contributed by atoms with Crippen molar-refractivity contribution in [3.8, 4) is 11.4 Å². The number of anilines is 6. The van der Waals surface area contributed by atoms with Crippen molar-refractivity contribution in [2.24, 2.45) is 0 Å². The maximum absolute atomic E-state index is 2.36. The van der Waals surface area contributed by atoms with Crippen LogP contribution in [-0.4, -0.2) is 9.13 Å².